The SMILES string of the molecule is CCC1CN(C)CCC1O. The predicted octanol–water partition coefficient (Wildman–Crippen LogP) is 0.709. The summed E-state index contributed by atoms with van der Waals surface area (Å²) in [6.07, 6.45) is 2.02. The second kappa shape index (κ2) is 3.35. The number of rotatable bonds is 1. The zero-order valence-electron chi connectivity index (χ0n) is 6.88. The van der Waals surface area contributed by atoms with E-state index in [4.69, 9.17) is 0 Å². The Bertz CT molecular complexity index is 105. The highest BCUT2D eigenvalue weighted by Crippen LogP contribution is 2.18. The fraction of sp³-hybridized carbons (Fsp3) is 1.00. The predicted molar refractivity (Wildman–Crippen MR) is 41.9 cm³/mol. The van der Waals surface area contributed by atoms with Gasteiger partial charge >= 0.3 is 0 Å². The van der Waals surface area contributed by atoms with Gasteiger partial charge in [-0.05, 0) is 25.8 Å². The largest absolute Gasteiger partial charge is 0.393 e. The second-order valence-corrected chi connectivity index (χ2v) is 3.29. The minimum Gasteiger partial charge on any atom is -0.393 e. The molecule has 0 aromatic heterocycles. The second-order valence-electron chi connectivity index (χ2n) is 3.29. The van der Waals surface area contributed by atoms with Gasteiger partial charge in [0.2, 0.25) is 0 Å². The Morgan fingerprint density at radius 2 is 2.30 bits per heavy atom. The molecule has 1 saturated heterocycles. The summed E-state index contributed by atoms with van der Waals surface area (Å²) in [6.45, 7) is 4.27. The summed E-state index contributed by atoms with van der Waals surface area (Å²) in [6, 6.07) is 0. The molecule has 0 aromatic rings. The third kappa shape index (κ3) is 1.70. The lowest BCUT2D eigenvalue weighted by Crippen LogP contribution is -2.40. The lowest BCUT2D eigenvalue weighted by Gasteiger charge is -2.33. The maximum atomic E-state index is 9.46. The first-order valence-electron chi connectivity index (χ1n) is 4.10. The van der Waals surface area contributed by atoms with Crippen LogP contribution in [0.25, 0.3) is 0 Å². The number of hydrogen-bond donors (Lipinski definition) is 1. The summed E-state index contributed by atoms with van der Waals surface area (Å²) in [5, 5.41) is 9.46. The van der Waals surface area contributed by atoms with E-state index in [1.807, 2.05) is 0 Å². The third-order valence-corrected chi connectivity index (χ3v) is 2.42. The summed E-state index contributed by atoms with van der Waals surface area (Å²) < 4.78 is 0. The minimum absolute atomic E-state index is 0.0406. The van der Waals surface area contributed by atoms with Crippen LogP contribution in [0.3, 0.4) is 0 Å². The smallest absolute Gasteiger partial charge is 0.0592 e. The minimum atomic E-state index is -0.0406. The summed E-state index contributed by atoms with van der Waals surface area (Å²) in [5.74, 6) is 0.513. The molecule has 2 heteroatoms. The van der Waals surface area contributed by atoms with Gasteiger partial charge in [0, 0.05) is 13.1 Å². The van der Waals surface area contributed by atoms with E-state index in [1.54, 1.807) is 0 Å². The molecular formula is C8H17NO. The number of piperidine rings is 1. The van der Waals surface area contributed by atoms with Gasteiger partial charge in [-0.2, -0.15) is 0 Å². The highest BCUT2D eigenvalue weighted by atomic mass is 16.3. The van der Waals surface area contributed by atoms with E-state index in [0.29, 0.717) is 5.92 Å². The fourth-order valence-electron chi connectivity index (χ4n) is 1.60. The molecule has 1 aliphatic rings. The third-order valence-electron chi connectivity index (χ3n) is 2.42. The van der Waals surface area contributed by atoms with Crippen LogP contribution in [0.15, 0.2) is 0 Å². The standard InChI is InChI=1S/C8H17NO/c1-3-7-6-9(2)5-4-8(7)10/h7-8,10H,3-6H2,1-2H3. The van der Waals surface area contributed by atoms with Gasteiger partial charge < -0.3 is 10.0 Å². The van der Waals surface area contributed by atoms with Crippen molar-refractivity contribution in [3.05, 3.63) is 0 Å². The summed E-state index contributed by atoms with van der Waals surface area (Å²) in [5.41, 5.74) is 0. The Labute approximate surface area is 62.8 Å². The molecule has 0 aromatic carbocycles. The number of hydrogen-bond acceptors (Lipinski definition) is 2. The van der Waals surface area contributed by atoms with Crippen LogP contribution in [0, 0.1) is 5.92 Å². The van der Waals surface area contributed by atoms with Crippen molar-refractivity contribution >= 4 is 0 Å². The number of aliphatic hydroxyl groups is 1. The summed E-state index contributed by atoms with van der Waals surface area (Å²) >= 11 is 0. The Balaban J connectivity index is 2.38. The highest BCUT2D eigenvalue weighted by Gasteiger charge is 2.23. The zero-order chi connectivity index (χ0) is 7.56. The molecule has 2 nitrogen and oxygen atoms in total. The first-order valence-corrected chi connectivity index (χ1v) is 4.10. The molecule has 1 rings (SSSR count). The average Bonchev–Trinajstić information content (AvgIpc) is 1.94. The van der Waals surface area contributed by atoms with Crippen LogP contribution in [0.4, 0.5) is 0 Å². The Morgan fingerprint density at radius 1 is 1.60 bits per heavy atom. The van der Waals surface area contributed by atoms with Crippen molar-refractivity contribution in [3.63, 3.8) is 0 Å². The van der Waals surface area contributed by atoms with E-state index in [1.165, 1.54) is 0 Å². The molecule has 60 valence electrons. The molecule has 10 heavy (non-hydrogen) atoms. The fourth-order valence-corrected chi connectivity index (χ4v) is 1.60. The first kappa shape index (κ1) is 8.02. The molecule has 1 aliphatic heterocycles. The average molecular weight is 143 g/mol. The maximum absolute atomic E-state index is 9.46. The highest BCUT2D eigenvalue weighted by molar-refractivity contribution is 4.76. The molecule has 2 unspecified atom stereocenters. The topological polar surface area (TPSA) is 23.5 Å². The lowest BCUT2D eigenvalue weighted by molar-refractivity contribution is 0.0348. The van der Waals surface area contributed by atoms with Crippen molar-refractivity contribution in [2.45, 2.75) is 25.9 Å². The zero-order valence-corrected chi connectivity index (χ0v) is 6.88. The van der Waals surface area contributed by atoms with Crippen molar-refractivity contribution in [3.8, 4) is 0 Å². The molecule has 0 saturated carbocycles. The van der Waals surface area contributed by atoms with Gasteiger partial charge in [0.1, 0.15) is 0 Å². The van der Waals surface area contributed by atoms with Gasteiger partial charge in [-0.25, -0.2) is 0 Å². The lowest BCUT2D eigenvalue weighted by atomic mass is 9.93. The normalized spacial score (nSPS) is 36.3. The maximum Gasteiger partial charge on any atom is 0.0592 e. The molecule has 0 radical (unpaired) electrons. The number of nitrogens with zero attached hydrogens (tertiary/aromatic N) is 1. The molecule has 0 spiro atoms. The van der Waals surface area contributed by atoms with Crippen LogP contribution in [0.5, 0.6) is 0 Å². The molecule has 0 aliphatic carbocycles. The number of likely N-dealkylation sites (tertiary alicyclic amines) is 1. The van der Waals surface area contributed by atoms with Crippen molar-refractivity contribution in [2.75, 3.05) is 20.1 Å². The van der Waals surface area contributed by atoms with Crippen molar-refractivity contribution in [2.24, 2.45) is 5.92 Å². The molecule has 0 amide bonds. The Morgan fingerprint density at radius 3 is 2.80 bits per heavy atom. The van der Waals surface area contributed by atoms with Gasteiger partial charge in [0.15, 0.2) is 0 Å². The van der Waals surface area contributed by atoms with E-state index >= 15 is 0 Å². The van der Waals surface area contributed by atoms with Crippen LogP contribution < -0.4 is 0 Å². The molecule has 1 N–H and O–H groups in total. The van der Waals surface area contributed by atoms with Crippen LogP contribution >= 0.6 is 0 Å². The van der Waals surface area contributed by atoms with Gasteiger partial charge in [0.25, 0.3) is 0 Å². The quantitative estimate of drug-likeness (QED) is 0.584. The summed E-state index contributed by atoms with van der Waals surface area (Å²) in [4.78, 5) is 2.29. The Hall–Kier alpha value is -0.0800. The first-order chi connectivity index (χ1) is 4.74. The molecule has 1 fully saturated rings. The van der Waals surface area contributed by atoms with Crippen molar-refractivity contribution in [1.29, 1.82) is 0 Å². The van der Waals surface area contributed by atoms with Crippen molar-refractivity contribution in [1.82, 2.24) is 4.90 Å². The van der Waals surface area contributed by atoms with E-state index in [2.05, 4.69) is 18.9 Å². The Kier molecular flexibility index (Phi) is 2.69. The molecule has 0 bridgehead atoms. The van der Waals surface area contributed by atoms with Crippen molar-refractivity contribution < 1.29 is 5.11 Å². The van der Waals surface area contributed by atoms with Crippen LogP contribution in [-0.4, -0.2) is 36.2 Å². The van der Waals surface area contributed by atoms with Crippen LogP contribution in [0.2, 0.25) is 0 Å². The van der Waals surface area contributed by atoms with E-state index in [9.17, 15) is 5.11 Å². The van der Waals surface area contributed by atoms with E-state index in [0.717, 1.165) is 25.9 Å². The van der Waals surface area contributed by atoms with Gasteiger partial charge in [0.05, 0.1) is 6.10 Å². The van der Waals surface area contributed by atoms with E-state index < -0.39 is 0 Å². The van der Waals surface area contributed by atoms with Gasteiger partial charge in [-0.1, -0.05) is 6.92 Å². The summed E-state index contributed by atoms with van der Waals surface area (Å²) in [7, 11) is 2.12. The molecule has 2 atom stereocenters. The number of aliphatic hydroxyl groups excluding tert-OH is 1. The van der Waals surface area contributed by atoms with Crippen LogP contribution in [0.1, 0.15) is 19.8 Å². The van der Waals surface area contributed by atoms with Crippen LogP contribution in [-0.2, 0) is 0 Å². The van der Waals surface area contributed by atoms with E-state index in [-0.39, 0.29) is 6.10 Å². The molecular weight excluding hydrogens is 126 g/mol. The monoisotopic (exact) mass is 143 g/mol. The van der Waals surface area contributed by atoms with Gasteiger partial charge in [-0.15, -0.1) is 0 Å². The van der Waals surface area contributed by atoms with Gasteiger partial charge in [-0.3, -0.25) is 0 Å². The molecule has 1 heterocycles.